The topological polar surface area (TPSA) is 50.1 Å². The van der Waals surface area contributed by atoms with Gasteiger partial charge in [0.2, 0.25) is 0 Å². The Morgan fingerprint density at radius 3 is 2.54 bits per heavy atom. The van der Waals surface area contributed by atoms with E-state index in [-0.39, 0.29) is 12.1 Å². The SMILES string of the molecule is CCC[C@H]1CC[C@@H]2C[C@H](OC(=O)c3ccc(C#N)cc3)CC[C@@H]2C1. The third kappa shape index (κ3) is 3.98. The second-order valence-corrected chi connectivity index (χ2v) is 7.52. The first-order chi connectivity index (χ1) is 11.7. The van der Waals surface area contributed by atoms with Crippen molar-refractivity contribution in [3.8, 4) is 6.07 Å². The lowest BCUT2D eigenvalue weighted by Gasteiger charge is -2.41. The fourth-order valence-electron chi connectivity index (χ4n) is 4.62. The lowest BCUT2D eigenvalue weighted by Crippen LogP contribution is -2.35. The van der Waals surface area contributed by atoms with Gasteiger partial charge in [-0.15, -0.1) is 0 Å². The first-order valence-corrected chi connectivity index (χ1v) is 9.40. The van der Waals surface area contributed by atoms with E-state index >= 15 is 0 Å². The zero-order valence-electron chi connectivity index (χ0n) is 14.5. The summed E-state index contributed by atoms with van der Waals surface area (Å²) in [5, 5.41) is 8.82. The van der Waals surface area contributed by atoms with Gasteiger partial charge in [0, 0.05) is 0 Å². The van der Waals surface area contributed by atoms with Gasteiger partial charge in [-0.25, -0.2) is 4.79 Å². The molecule has 0 aromatic heterocycles. The van der Waals surface area contributed by atoms with Gasteiger partial charge in [0.15, 0.2) is 0 Å². The molecule has 0 bridgehead atoms. The molecule has 128 valence electrons. The predicted octanol–water partition coefficient (Wildman–Crippen LogP) is 5.10. The van der Waals surface area contributed by atoms with Crippen LogP contribution in [0.5, 0.6) is 0 Å². The molecule has 2 aliphatic carbocycles. The summed E-state index contributed by atoms with van der Waals surface area (Å²) in [6.45, 7) is 2.28. The average molecular weight is 325 g/mol. The molecule has 24 heavy (non-hydrogen) atoms. The molecule has 4 atom stereocenters. The summed E-state index contributed by atoms with van der Waals surface area (Å²) in [4.78, 5) is 12.3. The highest BCUT2D eigenvalue weighted by Crippen LogP contribution is 2.44. The maximum atomic E-state index is 12.3. The maximum absolute atomic E-state index is 12.3. The van der Waals surface area contributed by atoms with Crippen LogP contribution in [0.15, 0.2) is 24.3 Å². The van der Waals surface area contributed by atoms with Crippen molar-refractivity contribution in [2.75, 3.05) is 0 Å². The van der Waals surface area contributed by atoms with Gasteiger partial charge in [-0.05, 0) is 74.1 Å². The molecule has 0 radical (unpaired) electrons. The molecule has 0 saturated heterocycles. The van der Waals surface area contributed by atoms with Crippen molar-refractivity contribution >= 4 is 5.97 Å². The van der Waals surface area contributed by atoms with E-state index in [1.54, 1.807) is 24.3 Å². The van der Waals surface area contributed by atoms with E-state index < -0.39 is 0 Å². The Morgan fingerprint density at radius 2 is 1.83 bits per heavy atom. The molecule has 1 aromatic carbocycles. The fraction of sp³-hybridized carbons (Fsp3) is 0.619. The Balaban J connectivity index is 1.52. The number of nitriles is 1. The Labute approximate surface area is 145 Å². The van der Waals surface area contributed by atoms with Crippen LogP contribution in [0.3, 0.4) is 0 Å². The van der Waals surface area contributed by atoms with E-state index in [1.165, 1.54) is 38.5 Å². The summed E-state index contributed by atoms with van der Waals surface area (Å²) in [5.74, 6) is 2.27. The minimum atomic E-state index is -0.248. The molecule has 2 aliphatic rings. The van der Waals surface area contributed by atoms with Crippen molar-refractivity contribution in [1.29, 1.82) is 5.26 Å². The third-order valence-corrected chi connectivity index (χ3v) is 5.89. The highest BCUT2D eigenvalue weighted by molar-refractivity contribution is 5.89. The second kappa shape index (κ2) is 7.83. The molecule has 0 N–H and O–H groups in total. The largest absolute Gasteiger partial charge is 0.459 e. The van der Waals surface area contributed by atoms with Gasteiger partial charge in [0.1, 0.15) is 6.10 Å². The number of hydrogen-bond acceptors (Lipinski definition) is 3. The number of hydrogen-bond donors (Lipinski definition) is 0. The summed E-state index contributed by atoms with van der Waals surface area (Å²) in [5.41, 5.74) is 1.11. The van der Waals surface area contributed by atoms with Gasteiger partial charge in [-0.2, -0.15) is 5.26 Å². The lowest BCUT2D eigenvalue weighted by atomic mass is 9.66. The van der Waals surface area contributed by atoms with Gasteiger partial charge in [-0.3, -0.25) is 0 Å². The minimum absolute atomic E-state index is 0.0668. The van der Waals surface area contributed by atoms with Crippen LogP contribution >= 0.6 is 0 Å². The number of benzene rings is 1. The quantitative estimate of drug-likeness (QED) is 0.724. The highest BCUT2D eigenvalue weighted by Gasteiger charge is 2.36. The average Bonchev–Trinajstić information content (AvgIpc) is 2.62. The molecule has 2 saturated carbocycles. The first-order valence-electron chi connectivity index (χ1n) is 9.40. The van der Waals surface area contributed by atoms with E-state index in [2.05, 4.69) is 13.0 Å². The summed E-state index contributed by atoms with van der Waals surface area (Å²) < 4.78 is 5.75. The van der Waals surface area contributed by atoms with E-state index in [0.29, 0.717) is 11.1 Å². The molecule has 3 heteroatoms. The summed E-state index contributed by atoms with van der Waals surface area (Å²) in [7, 11) is 0. The normalized spacial score (nSPS) is 29.3. The van der Waals surface area contributed by atoms with Crippen molar-refractivity contribution in [3.63, 3.8) is 0 Å². The van der Waals surface area contributed by atoms with Gasteiger partial charge in [0.25, 0.3) is 0 Å². The zero-order chi connectivity index (χ0) is 16.9. The number of rotatable bonds is 4. The van der Waals surface area contributed by atoms with Crippen molar-refractivity contribution in [2.24, 2.45) is 17.8 Å². The van der Waals surface area contributed by atoms with E-state index in [1.807, 2.05) is 0 Å². The molecule has 3 rings (SSSR count). The van der Waals surface area contributed by atoms with E-state index in [4.69, 9.17) is 10.00 Å². The number of esters is 1. The third-order valence-electron chi connectivity index (χ3n) is 5.89. The van der Waals surface area contributed by atoms with Gasteiger partial charge < -0.3 is 4.74 Å². The van der Waals surface area contributed by atoms with Crippen LogP contribution in [0.25, 0.3) is 0 Å². The molecule has 0 heterocycles. The molecular formula is C21H27NO2. The number of fused-ring (bicyclic) bond motifs is 1. The summed E-state index contributed by atoms with van der Waals surface area (Å²) >= 11 is 0. The Bertz CT molecular complexity index is 601. The zero-order valence-corrected chi connectivity index (χ0v) is 14.5. The fourth-order valence-corrected chi connectivity index (χ4v) is 4.62. The Morgan fingerprint density at radius 1 is 1.12 bits per heavy atom. The van der Waals surface area contributed by atoms with Crippen LogP contribution in [0.2, 0.25) is 0 Å². The molecule has 1 aromatic rings. The van der Waals surface area contributed by atoms with Crippen molar-refractivity contribution in [2.45, 2.75) is 64.4 Å². The molecule has 2 fully saturated rings. The van der Waals surface area contributed by atoms with Crippen molar-refractivity contribution in [3.05, 3.63) is 35.4 Å². The van der Waals surface area contributed by atoms with Gasteiger partial charge in [0.05, 0.1) is 17.2 Å². The number of nitrogens with zero attached hydrogens (tertiary/aromatic N) is 1. The van der Waals surface area contributed by atoms with Crippen LogP contribution < -0.4 is 0 Å². The lowest BCUT2D eigenvalue weighted by molar-refractivity contribution is -0.00620. The van der Waals surface area contributed by atoms with E-state index in [9.17, 15) is 4.79 Å². The van der Waals surface area contributed by atoms with Crippen LogP contribution in [0.4, 0.5) is 0 Å². The van der Waals surface area contributed by atoms with Crippen LogP contribution in [0, 0.1) is 29.1 Å². The van der Waals surface area contributed by atoms with Crippen LogP contribution in [-0.2, 0) is 4.74 Å². The number of carbonyl (C=O) groups is 1. The molecule has 0 unspecified atom stereocenters. The second-order valence-electron chi connectivity index (χ2n) is 7.52. The van der Waals surface area contributed by atoms with Gasteiger partial charge in [-0.1, -0.05) is 26.2 Å². The smallest absolute Gasteiger partial charge is 0.338 e. The predicted molar refractivity (Wildman–Crippen MR) is 93.4 cm³/mol. The van der Waals surface area contributed by atoms with Crippen LogP contribution in [-0.4, -0.2) is 12.1 Å². The molecule has 0 aliphatic heterocycles. The van der Waals surface area contributed by atoms with Crippen LogP contribution in [0.1, 0.15) is 74.2 Å². The Hall–Kier alpha value is -1.82. The van der Waals surface area contributed by atoms with Crippen molar-refractivity contribution in [1.82, 2.24) is 0 Å². The summed E-state index contributed by atoms with van der Waals surface area (Å²) in [6.07, 6.45) is 10.0. The van der Waals surface area contributed by atoms with E-state index in [0.717, 1.165) is 30.6 Å². The highest BCUT2D eigenvalue weighted by atomic mass is 16.5. The molecular weight excluding hydrogens is 298 g/mol. The first kappa shape index (κ1) is 17.0. The molecule has 0 amide bonds. The van der Waals surface area contributed by atoms with Gasteiger partial charge >= 0.3 is 5.97 Å². The number of carbonyl (C=O) groups excluding carboxylic acids is 1. The van der Waals surface area contributed by atoms with Crippen molar-refractivity contribution < 1.29 is 9.53 Å². The Kier molecular flexibility index (Phi) is 5.56. The standard InChI is InChI=1S/C21H27NO2/c1-2-3-15-4-9-19-13-20(11-10-18(19)12-15)24-21(23)17-7-5-16(14-22)6-8-17/h5-8,15,18-20H,2-4,9-13H2,1H3/t15-,18+,19+,20+/m0/s1. The minimum Gasteiger partial charge on any atom is -0.459 e. The molecule has 0 spiro atoms. The maximum Gasteiger partial charge on any atom is 0.338 e. The summed E-state index contributed by atoms with van der Waals surface area (Å²) in [6, 6.07) is 8.77. The monoisotopic (exact) mass is 325 g/mol. The molecule has 3 nitrogen and oxygen atoms in total. The number of ether oxygens (including phenoxy) is 1.